The molecular formula is C13H21NO. The molecule has 0 aliphatic carbocycles. The monoisotopic (exact) mass is 207 g/mol. The molecule has 0 spiro atoms. The van der Waals surface area contributed by atoms with Crippen LogP contribution in [-0.2, 0) is 13.0 Å². The van der Waals surface area contributed by atoms with Gasteiger partial charge < -0.3 is 10.3 Å². The molecule has 0 aliphatic rings. The number of nitrogens with one attached hydrogen (secondary N) is 1. The molecule has 1 unspecified atom stereocenters. The van der Waals surface area contributed by atoms with Crippen molar-refractivity contribution in [1.82, 2.24) is 0 Å². The summed E-state index contributed by atoms with van der Waals surface area (Å²) in [5.74, 6) is 0. The van der Waals surface area contributed by atoms with Crippen molar-refractivity contribution in [3.63, 3.8) is 0 Å². The first-order chi connectivity index (χ1) is 6.95. The van der Waals surface area contributed by atoms with E-state index in [9.17, 15) is 5.21 Å². The average Bonchev–Trinajstić information content (AvgIpc) is 2.17. The lowest BCUT2D eigenvalue weighted by Gasteiger charge is -2.35. The molecule has 1 rings (SSSR count). The summed E-state index contributed by atoms with van der Waals surface area (Å²) >= 11 is 0. The van der Waals surface area contributed by atoms with Crippen LogP contribution < -0.4 is 5.06 Å². The number of rotatable bonds is 3. The third-order valence-electron chi connectivity index (χ3n) is 2.69. The molecule has 0 aliphatic heterocycles. The SMILES string of the molecule is CCc1ccccc1C[NH+]([O-])C(C)(C)C. The van der Waals surface area contributed by atoms with Crippen molar-refractivity contribution in [1.29, 1.82) is 0 Å². The predicted octanol–water partition coefficient (Wildman–Crippen LogP) is 1.93. The van der Waals surface area contributed by atoms with Gasteiger partial charge in [0, 0.05) is 5.56 Å². The molecule has 0 fully saturated rings. The molecule has 1 atom stereocenters. The summed E-state index contributed by atoms with van der Waals surface area (Å²) < 4.78 is 0. The fraction of sp³-hybridized carbons (Fsp3) is 0.538. The highest BCUT2D eigenvalue weighted by molar-refractivity contribution is 5.26. The van der Waals surface area contributed by atoms with Gasteiger partial charge in [-0.25, -0.2) is 0 Å². The first-order valence-corrected chi connectivity index (χ1v) is 5.55. The summed E-state index contributed by atoms with van der Waals surface area (Å²) in [5.41, 5.74) is 2.23. The Bertz CT molecular complexity index is 315. The van der Waals surface area contributed by atoms with E-state index in [2.05, 4.69) is 19.1 Å². The molecule has 15 heavy (non-hydrogen) atoms. The number of hydrogen-bond acceptors (Lipinski definition) is 1. The topological polar surface area (TPSA) is 27.5 Å². The van der Waals surface area contributed by atoms with Crippen LogP contribution in [-0.4, -0.2) is 5.54 Å². The van der Waals surface area contributed by atoms with Crippen LogP contribution in [0.25, 0.3) is 0 Å². The van der Waals surface area contributed by atoms with Crippen molar-refractivity contribution in [2.45, 2.75) is 46.2 Å². The second-order valence-corrected chi connectivity index (χ2v) is 4.97. The summed E-state index contributed by atoms with van der Waals surface area (Å²) in [7, 11) is 0. The van der Waals surface area contributed by atoms with Gasteiger partial charge in [0.05, 0.1) is 5.54 Å². The zero-order chi connectivity index (χ0) is 11.5. The molecule has 0 amide bonds. The average molecular weight is 207 g/mol. The van der Waals surface area contributed by atoms with E-state index in [0.717, 1.165) is 6.42 Å². The van der Waals surface area contributed by atoms with Gasteiger partial charge in [-0.15, -0.1) is 0 Å². The quantitative estimate of drug-likeness (QED) is 0.753. The van der Waals surface area contributed by atoms with Crippen LogP contribution in [0.4, 0.5) is 0 Å². The molecule has 0 radical (unpaired) electrons. The van der Waals surface area contributed by atoms with Crippen molar-refractivity contribution in [2.24, 2.45) is 0 Å². The Morgan fingerprint density at radius 2 is 1.67 bits per heavy atom. The van der Waals surface area contributed by atoms with Gasteiger partial charge >= 0.3 is 0 Å². The molecule has 0 aromatic heterocycles. The largest absolute Gasteiger partial charge is 0.634 e. The lowest BCUT2D eigenvalue weighted by molar-refractivity contribution is -0.912. The van der Waals surface area contributed by atoms with Crippen LogP contribution in [0.2, 0.25) is 0 Å². The van der Waals surface area contributed by atoms with E-state index >= 15 is 0 Å². The van der Waals surface area contributed by atoms with Crippen molar-refractivity contribution in [3.05, 3.63) is 40.6 Å². The maximum absolute atomic E-state index is 11.9. The molecule has 84 valence electrons. The fourth-order valence-corrected chi connectivity index (χ4v) is 1.51. The van der Waals surface area contributed by atoms with E-state index in [4.69, 9.17) is 0 Å². The van der Waals surface area contributed by atoms with Crippen molar-refractivity contribution in [3.8, 4) is 0 Å². The number of hydroxylamine groups is 2. The van der Waals surface area contributed by atoms with E-state index in [1.807, 2.05) is 32.9 Å². The summed E-state index contributed by atoms with van der Waals surface area (Å²) in [6.45, 7) is 8.62. The minimum atomic E-state index is -0.235. The molecule has 1 aromatic carbocycles. The molecule has 0 bridgehead atoms. The fourth-order valence-electron chi connectivity index (χ4n) is 1.51. The van der Waals surface area contributed by atoms with Crippen LogP contribution in [0, 0.1) is 5.21 Å². The Balaban J connectivity index is 2.80. The third-order valence-corrected chi connectivity index (χ3v) is 2.69. The van der Waals surface area contributed by atoms with Gasteiger partial charge in [-0.05, 0) is 32.8 Å². The molecule has 2 nitrogen and oxygen atoms in total. The van der Waals surface area contributed by atoms with Gasteiger partial charge in [0.25, 0.3) is 0 Å². The smallest absolute Gasteiger partial charge is 0.103 e. The minimum Gasteiger partial charge on any atom is -0.634 e. The van der Waals surface area contributed by atoms with Gasteiger partial charge in [-0.1, -0.05) is 31.2 Å². The standard InChI is InChI=1S/C13H21NO/c1-5-11-8-6-7-9-12(11)10-14(15)13(2,3)4/h6-9,14H,5,10H2,1-4H3. The van der Waals surface area contributed by atoms with Crippen LogP contribution in [0.3, 0.4) is 0 Å². The van der Waals surface area contributed by atoms with Gasteiger partial charge in [0.2, 0.25) is 0 Å². The third kappa shape index (κ3) is 3.33. The van der Waals surface area contributed by atoms with E-state index in [1.54, 1.807) is 0 Å². The van der Waals surface area contributed by atoms with Crippen molar-refractivity contribution in [2.75, 3.05) is 0 Å². The summed E-state index contributed by atoms with van der Waals surface area (Å²) in [6, 6.07) is 8.20. The van der Waals surface area contributed by atoms with Gasteiger partial charge in [0.1, 0.15) is 6.54 Å². The highest BCUT2D eigenvalue weighted by Gasteiger charge is 2.18. The van der Waals surface area contributed by atoms with Crippen LogP contribution in [0.5, 0.6) is 0 Å². The Morgan fingerprint density at radius 1 is 1.13 bits per heavy atom. The van der Waals surface area contributed by atoms with E-state index < -0.39 is 0 Å². The lowest BCUT2D eigenvalue weighted by Crippen LogP contribution is -3.13. The Hall–Kier alpha value is -0.860. The number of aryl methyl sites for hydroxylation is 1. The van der Waals surface area contributed by atoms with Crippen LogP contribution >= 0.6 is 0 Å². The number of benzene rings is 1. The molecule has 1 aromatic rings. The molecule has 0 saturated carbocycles. The van der Waals surface area contributed by atoms with Gasteiger partial charge in [-0.2, -0.15) is 0 Å². The van der Waals surface area contributed by atoms with Crippen LogP contribution in [0.15, 0.2) is 24.3 Å². The minimum absolute atomic E-state index is 0.235. The maximum Gasteiger partial charge on any atom is 0.103 e. The molecular weight excluding hydrogens is 186 g/mol. The predicted molar refractivity (Wildman–Crippen MR) is 63.6 cm³/mol. The highest BCUT2D eigenvalue weighted by atomic mass is 16.5. The molecule has 2 heteroatoms. The normalized spacial score (nSPS) is 13.9. The highest BCUT2D eigenvalue weighted by Crippen LogP contribution is 2.08. The van der Waals surface area contributed by atoms with Gasteiger partial charge in [0.15, 0.2) is 0 Å². The number of quaternary nitrogens is 1. The van der Waals surface area contributed by atoms with Crippen molar-refractivity contribution >= 4 is 0 Å². The molecule has 0 heterocycles. The summed E-state index contributed by atoms with van der Waals surface area (Å²) in [4.78, 5) is 0. The second kappa shape index (κ2) is 4.77. The van der Waals surface area contributed by atoms with Crippen molar-refractivity contribution < 1.29 is 5.06 Å². The Morgan fingerprint density at radius 3 is 2.13 bits per heavy atom. The lowest BCUT2D eigenvalue weighted by atomic mass is 10.0. The van der Waals surface area contributed by atoms with Gasteiger partial charge in [-0.3, -0.25) is 0 Å². The first kappa shape index (κ1) is 12.2. The summed E-state index contributed by atoms with van der Waals surface area (Å²) in [5, 5.41) is 12.2. The van der Waals surface area contributed by atoms with E-state index in [-0.39, 0.29) is 5.54 Å². The first-order valence-electron chi connectivity index (χ1n) is 5.55. The van der Waals surface area contributed by atoms with E-state index in [0.29, 0.717) is 11.6 Å². The number of hydrogen-bond donors (Lipinski definition) is 1. The van der Waals surface area contributed by atoms with Crippen LogP contribution in [0.1, 0.15) is 38.8 Å². The Labute approximate surface area is 92.5 Å². The maximum atomic E-state index is 11.9. The molecule has 0 saturated heterocycles. The second-order valence-electron chi connectivity index (χ2n) is 4.97. The summed E-state index contributed by atoms with van der Waals surface area (Å²) in [6.07, 6.45) is 0.994. The zero-order valence-electron chi connectivity index (χ0n) is 10.1. The zero-order valence-corrected chi connectivity index (χ0v) is 10.1. The van der Waals surface area contributed by atoms with E-state index in [1.165, 1.54) is 11.1 Å². The molecule has 1 N–H and O–H groups in total. The Kier molecular flexibility index (Phi) is 3.89.